The predicted octanol–water partition coefficient (Wildman–Crippen LogP) is 0.892. The Labute approximate surface area is 124 Å². The number of sulfonamides is 1. The first-order valence-corrected chi connectivity index (χ1v) is 8.22. The number of nitrogens with zero attached hydrogens (tertiary/aromatic N) is 1. The highest BCUT2D eigenvalue weighted by Gasteiger charge is 2.32. The largest absolute Gasteiger partial charge is 0.373 e. The van der Waals surface area contributed by atoms with E-state index in [1.54, 1.807) is 13.0 Å². The molecule has 0 spiro atoms. The van der Waals surface area contributed by atoms with Gasteiger partial charge < -0.3 is 10.5 Å². The maximum Gasteiger partial charge on any atom is 0.249 e. The van der Waals surface area contributed by atoms with E-state index < -0.39 is 15.9 Å². The predicted molar refractivity (Wildman–Crippen MR) is 78.5 cm³/mol. The van der Waals surface area contributed by atoms with Crippen molar-refractivity contribution >= 4 is 15.9 Å². The first-order valence-electron chi connectivity index (χ1n) is 6.78. The molecule has 0 aromatic heterocycles. The highest BCUT2D eigenvalue weighted by atomic mass is 32.2. The number of nitrogens with two attached hydrogens (primary N) is 1. The standard InChI is InChI=1S/C14H20N2O4S/c1-9-4-5-12(6-13(9)14(15)17)21(18,19)16-7-10(2)20-11(3)8-16/h4-6,10-11H,7-8H2,1-3H3,(H2,15,17)/t10-,11-/m0/s1. The average molecular weight is 312 g/mol. The number of benzene rings is 1. The van der Waals surface area contributed by atoms with Crippen molar-refractivity contribution < 1.29 is 17.9 Å². The molecule has 1 saturated heterocycles. The summed E-state index contributed by atoms with van der Waals surface area (Å²) >= 11 is 0. The number of rotatable bonds is 3. The molecule has 1 aliphatic heterocycles. The zero-order valence-corrected chi connectivity index (χ0v) is 13.2. The Balaban J connectivity index is 2.40. The third kappa shape index (κ3) is 3.25. The van der Waals surface area contributed by atoms with E-state index >= 15 is 0 Å². The van der Waals surface area contributed by atoms with Crippen molar-refractivity contribution in [1.82, 2.24) is 4.31 Å². The van der Waals surface area contributed by atoms with Gasteiger partial charge in [-0.25, -0.2) is 8.42 Å². The number of hydrogen-bond acceptors (Lipinski definition) is 4. The summed E-state index contributed by atoms with van der Waals surface area (Å²) in [6, 6.07) is 4.44. The highest BCUT2D eigenvalue weighted by molar-refractivity contribution is 7.89. The number of aryl methyl sites for hydroxylation is 1. The van der Waals surface area contributed by atoms with Crippen LogP contribution >= 0.6 is 0 Å². The second kappa shape index (κ2) is 5.75. The number of hydrogen-bond donors (Lipinski definition) is 1. The van der Waals surface area contributed by atoms with Gasteiger partial charge in [-0.15, -0.1) is 0 Å². The normalized spacial score (nSPS) is 24.0. The molecular weight excluding hydrogens is 292 g/mol. The molecule has 0 aliphatic carbocycles. The number of primary amides is 1. The molecule has 21 heavy (non-hydrogen) atoms. The molecular formula is C14H20N2O4S. The van der Waals surface area contributed by atoms with Gasteiger partial charge in [0.2, 0.25) is 15.9 Å². The van der Waals surface area contributed by atoms with Gasteiger partial charge in [-0.05, 0) is 38.5 Å². The Morgan fingerprint density at radius 2 is 1.86 bits per heavy atom. The number of morpholine rings is 1. The second-order valence-electron chi connectivity index (χ2n) is 5.42. The molecule has 0 unspecified atom stereocenters. The van der Waals surface area contributed by atoms with E-state index in [2.05, 4.69) is 0 Å². The van der Waals surface area contributed by atoms with Gasteiger partial charge in [-0.1, -0.05) is 6.07 Å². The summed E-state index contributed by atoms with van der Waals surface area (Å²) in [6.07, 6.45) is -0.325. The lowest BCUT2D eigenvalue weighted by molar-refractivity contribution is -0.0440. The van der Waals surface area contributed by atoms with Gasteiger partial charge in [0.1, 0.15) is 0 Å². The van der Waals surface area contributed by atoms with E-state index in [1.165, 1.54) is 16.4 Å². The van der Waals surface area contributed by atoms with Gasteiger partial charge in [-0.2, -0.15) is 4.31 Å². The smallest absolute Gasteiger partial charge is 0.249 e. The fourth-order valence-corrected chi connectivity index (χ4v) is 4.12. The molecule has 6 nitrogen and oxygen atoms in total. The Morgan fingerprint density at radius 3 is 2.38 bits per heavy atom. The van der Waals surface area contributed by atoms with E-state index in [9.17, 15) is 13.2 Å². The number of carbonyl (C=O) groups excluding carboxylic acids is 1. The van der Waals surface area contributed by atoms with E-state index in [4.69, 9.17) is 10.5 Å². The Kier molecular flexibility index (Phi) is 4.36. The molecule has 0 radical (unpaired) electrons. The zero-order valence-electron chi connectivity index (χ0n) is 12.4. The van der Waals surface area contributed by atoms with Crippen molar-refractivity contribution in [3.05, 3.63) is 29.3 Å². The topological polar surface area (TPSA) is 89.7 Å². The van der Waals surface area contributed by atoms with Crippen molar-refractivity contribution in [2.24, 2.45) is 5.73 Å². The summed E-state index contributed by atoms with van der Waals surface area (Å²) in [7, 11) is -3.66. The molecule has 2 N–H and O–H groups in total. The van der Waals surface area contributed by atoms with Crippen LogP contribution in [0.1, 0.15) is 29.8 Å². The van der Waals surface area contributed by atoms with Crippen LogP contribution in [-0.4, -0.2) is 43.9 Å². The molecule has 0 bridgehead atoms. The van der Waals surface area contributed by atoms with Crippen LogP contribution in [0.5, 0.6) is 0 Å². The van der Waals surface area contributed by atoms with Gasteiger partial charge >= 0.3 is 0 Å². The van der Waals surface area contributed by atoms with Crippen LogP contribution in [0.2, 0.25) is 0 Å². The molecule has 2 atom stereocenters. The average Bonchev–Trinajstić information content (AvgIpc) is 2.37. The molecule has 1 amide bonds. The second-order valence-corrected chi connectivity index (χ2v) is 7.36. The van der Waals surface area contributed by atoms with Gasteiger partial charge in [0.05, 0.1) is 17.1 Å². The monoisotopic (exact) mass is 312 g/mol. The molecule has 2 rings (SSSR count). The molecule has 7 heteroatoms. The van der Waals surface area contributed by atoms with Gasteiger partial charge in [0.15, 0.2) is 0 Å². The van der Waals surface area contributed by atoms with Crippen molar-refractivity contribution in [3.63, 3.8) is 0 Å². The molecule has 1 fully saturated rings. The van der Waals surface area contributed by atoms with Crippen molar-refractivity contribution in [3.8, 4) is 0 Å². The van der Waals surface area contributed by atoms with Crippen molar-refractivity contribution in [2.45, 2.75) is 37.9 Å². The summed E-state index contributed by atoms with van der Waals surface area (Å²) < 4.78 is 32.3. The number of carbonyl (C=O) groups is 1. The quantitative estimate of drug-likeness (QED) is 0.897. The Bertz CT molecular complexity index is 647. The fraction of sp³-hybridized carbons (Fsp3) is 0.500. The minimum absolute atomic E-state index is 0.0863. The zero-order chi connectivity index (χ0) is 15.8. The minimum Gasteiger partial charge on any atom is -0.373 e. The molecule has 0 saturated carbocycles. The minimum atomic E-state index is -3.66. The third-order valence-corrected chi connectivity index (χ3v) is 5.33. The van der Waals surface area contributed by atoms with Crippen LogP contribution in [0.25, 0.3) is 0 Å². The summed E-state index contributed by atoms with van der Waals surface area (Å²) in [5.41, 5.74) is 6.17. The van der Waals surface area contributed by atoms with Crippen LogP contribution in [0, 0.1) is 6.92 Å². The summed E-state index contributed by atoms with van der Waals surface area (Å²) in [5.74, 6) is -0.631. The lowest BCUT2D eigenvalue weighted by atomic mass is 10.1. The van der Waals surface area contributed by atoms with Crippen LogP contribution in [-0.2, 0) is 14.8 Å². The molecule has 1 aromatic rings. The van der Waals surface area contributed by atoms with Crippen LogP contribution in [0.15, 0.2) is 23.1 Å². The van der Waals surface area contributed by atoms with Crippen LogP contribution < -0.4 is 5.73 Å². The summed E-state index contributed by atoms with van der Waals surface area (Å²) in [6.45, 7) is 5.98. The Morgan fingerprint density at radius 1 is 1.29 bits per heavy atom. The third-order valence-electron chi connectivity index (χ3n) is 3.50. The van der Waals surface area contributed by atoms with E-state index in [-0.39, 0.29) is 22.7 Å². The summed E-state index contributed by atoms with van der Waals surface area (Å²) in [5, 5.41) is 0. The number of amides is 1. The highest BCUT2D eigenvalue weighted by Crippen LogP contribution is 2.23. The fourth-order valence-electron chi connectivity index (χ4n) is 2.50. The van der Waals surface area contributed by atoms with E-state index in [1.807, 2.05) is 13.8 Å². The van der Waals surface area contributed by atoms with E-state index in [0.717, 1.165) is 0 Å². The van der Waals surface area contributed by atoms with Crippen LogP contribution in [0.4, 0.5) is 0 Å². The molecule has 1 heterocycles. The lowest BCUT2D eigenvalue weighted by Crippen LogP contribution is -2.48. The summed E-state index contributed by atoms with van der Waals surface area (Å²) in [4.78, 5) is 11.5. The van der Waals surface area contributed by atoms with Gasteiger partial charge in [0, 0.05) is 18.7 Å². The molecule has 116 valence electrons. The molecule has 1 aromatic carbocycles. The number of ether oxygens (including phenoxy) is 1. The maximum atomic E-state index is 12.7. The van der Waals surface area contributed by atoms with Gasteiger partial charge in [-0.3, -0.25) is 4.79 Å². The SMILES string of the molecule is Cc1ccc(S(=O)(=O)N2C[C@H](C)O[C@@H](C)C2)cc1C(N)=O. The van der Waals surface area contributed by atoms with Crippen molar-refractivity contribution in [2.75, 3.05) is 13.1 Å². The van der Waals surface area contributed by atoms with Gasteiger partial charge in [0.25, 0.3) is 0 Å². The van der Waals surface area contributed by atoms with Crippen LogP contribution in [0.3, 0.4) is 0 Å². The first kappa shape index (κ1) is 15.9. The Hall–Kier alpha value is -1.44. The van der Waals surface area contributed by atoms with E-state index in [0.29, 0.717) is 18.7 Å². The lowest BCUT2D eigenvalue weighted by Gasteiger charge is -2.34. The maximum absolute atomic E-state index is 12.7. The first-order chi connectivity index (χ1) is 9.71. The van der Waals surface area contributed by atoms with Crippen molar-refractivity contribution in [1.29, 1.82) is 0 Å². The molecule has 1 aliphatic rings.